The minimum atomic E-state index is -0.126. The van der Waals surface area contributed by atoms with Gasteiger partial charge in [-0.1, -0.05) is 12.8 Å². The number of rotatable bonds is 5. The smallest absolute Gasteiger partial charge is 0.255 e. The molecule has 1 aliphatic rings. The third-order valence-electron chi connectivity index (χ3n) is 2.95. The number of nitrogens with two attached hydrogens (primary N) is 1. The summed E-state index contributed by atoms with van der Waals surface area (Å²) in [6.07, 6.45) is 5.24. The highest BCUT2D eigenvalue weighted by atomic mass is 16.1. The fraction of sp³-hybridized carbons (Fsp3) is 0.500. The second kappa shape index (κ2) is 5.14. The van der Waals surface area contributed by atoms with Gasteiger partial charge in [0.05, 0.1) is 5.56 Å². The highest BCUT2D eigenvalue weighted by molar-refractivity contribution is 5.98. The molecule has 5 heteroatoms. The fourth-order valence-electron chi connectivity index (χ4n) is 1.92. The van der Waals surface area contributed by atoms with E-state index in [0.29, 0.717) is 11.4 Å². The average molecular weight is 234 g/mol. The Morgan fingerprint density at radius 1 is 1.65 bits per heavy atom. The summed E-state index contributed by atoms with van der Waals surface area (Å²) in [6.45, 7) is 2.03. The van der Waals surface area contributed by atoms with Crippen LogP contribution in [0.15, 0.2) is 18.3 Å². The first-order valence-corrected chi connectivity index (χ1v) is 5.93. The van der Waals surface area contributed by atoms with Gasteiger partial charge in [-0.05, 0) is 31.4 Å². The van der Waals surface area contributed by atoms with Crippen LogP contribution >= 0.6 is 0 Å². The third-order valence-corrected chi connectivity index (χ3v) is 2.95. The Balaban J connectivity index is 1.97. The van der Waals surface area contributed by atoms with Gasteiger partial charge in [0.2, 0.25) is 0 Å². The van der Waals surface area contributed by atoms with Crippen molar-refractivity contribution in [1.82, 2.24) is 10.3 Å². The first kappa shape index (κ1) is 11.9. The first-order chi connectivity index (χ1) is 8.20. The van der Waals surface area contributed by atoms with Gasteiger partial charge in [-0.15, -0.1) is 0 Å². The van der Waals surface area contributed by atoms with Gasteiger partial charge in [0.25, 0.3) is 5.91 Å². The molecule has 0 radical (unpaired) electrons. The lowest BCUT2D eigenvalue weighted by Gasteiger charge is -2.14. The maximum absolute atomic E-state index is 12.0. The highest BCUT2D eigenvalue weighted by Crippen LogP contribution is 2.33. The molecule has 0 spiro atoms. The molecule has 0 bridgehead atoms. The molecule has 1 unspecified atom stereocenters. The van der Waals surface area contributed by atoms with Gasteiger partial charge < -0.3 is 10.7 Å². The van der Waals surface area contributed by atoms with Crippen molar-refractivity contribution >= 4 is 11.7 Å². The largest absolute Gasteiger partial charge is 0.349 e. The zero-order valence-electron chi connectivity index (χ0n) is 9.94. The van der Waals surface area contributed by atoms with E-state index in [-0.39, 0.29) is 11.9 Å². The fourth-order valence-corrected chi connectivity index (χ4v) is 1.92. The number of amides is 1. The van der Waals surface area contributed by atoms with E-state index in [4.69, 9.17) is 5.84 Å². The molecule has 5 nitrogen and oxygen atoms in total. The summed E-state index contributed by atoms with van der Waals surface area (Å²) in [7, 11) is 0. The molecule has 1 amide bonds. The quantitative estimate of drug-likeness (QED) is 0.529. The number of hydrazine groups is 1. The summed E-state index contributed by atoms with van der Waals surface area (Å²) in [5.74, 6) is 6.40. The van der Waals surface area contributed by atoms with Crippen LogP contribution in [0.2, 0.25) is 0 Å². The predicted octanol–water partition coefficient (Wildman–Crippen LogP) is 1.29. The Kier molecular flexibility index (Phi) is 3.58. The van der Waals surface area contributed by atoms with Gasteiger partial charge in [0, 0.05) is 12.2 Å². The number of nitrogens with zero attached hydrogens (tertiary/aromatic N) is 1. The number of carbonyl (C=O) groups is 1. The van der Waals surface area contributed by atoms with E-state index in [1.807, 2.05) is 6.92 Å². The molecule has 1 aliphatic carbocycles. The molecule has 0 aromatic carbocycles. The van der Waals surface area contributed by atoms with Gasteiger partial charge in [-0.3, -0.25) is 4.79 Å². The van der Waals surface area contributed by atoms with Crippen LogP contribution in [-0.2, 0) is 0 Å². The molecule has 1 heterocycles. The topological polar surface area (TPSA) is 80.0 Å². The predicted molar refractivity (Wildman–Crippen MR) is 66.3 cm³/mol. The summed E-state index contributed by atoms with van der Waals surface area (Å²) in [6, 6.07) is 3.63. The molecule has 4 N–H and O–H groups in total. The minimum Gasteiger partial charge on any atom is -0.349 e. The number of hydrogen-bond acceptors (Lipinski definition) is 4. The van der Waals surface area contributed by atoms with E-state index in [0.717, 1.165) is 12.3 Å². The van der Waals surface area contributed by atoms with Crippen molar-refractivity contribution in [3.05, 3.63) is 23.9 Å². The van der Waals surface area contributed by atoms with E-state index in [1.165, 1.54) is 12.8 Å². The van der Waals surface area contributed by atoms with Crippen molar-refractivity contribution in [2.24, 2.45) is 11.8 Å². The summed E-state index contributed by atoms with van der Waals surface area (Å²) >= 11 is 0. The Bertz CT molecular complexity index is 403. The third kappa shape index (κ3) is 3.17. The van der Waals surface area contributed by atoms with E-state index in [2.05, 4.69) is 15.7 Å². The van der Waals surface area contributed by atoms with Gasteiger partial charge in [-0.25, -0.2) is 10.8 Å². The van der Waals surface area contributed by atoms with Gasteiger partial charge >= 0.3 is 0 Å². The number of nitrogen functional groups attached to an aromatic ring is 1. The monoisotopic (exact) mass is 234 g/mol. The number of carbonyl (C=O) groups excluding carboxylic acids is 1. The zero-order valence-corrected chi connectivity index (χ0v) is 9.94. The number of hydrogen-bond donors (Lipinski definition) is 3. The maximum atomic E-state index is 12.0. The summed E-state index contributed by atoms with van der Waals surface area (Å²) in [5, 5.41) is 2.97. The Morgan fingerprint density at radius 2 is 2.41 bits per heavy atom. The molecule has 92 valence electrons. The lowest BCUT2D eigenvalue weighted by molar-refractivity contribution is 0.0938. The first-order valence-electron chi connectivity index (χ1n) is 5.93. The van der Waals surface area contributed by atoms with Crippen LogP contribution in [0.25, 0.3) is 0 Å². The van der Waals surface area contributed by atoms with Crippen molar-refractivity contribution in [2.45, 2.75) is 32.2 Å². The molecule has 1 aromatic heterocycles. The number of anilines is 1. The van der Waals surface area contributed by atoms with Crippen LogP contribution in [0.1, 0.15) is 36.5 Å². The number of pyridine rings is 1. The molecule has 17 heavy (non-hydrogen) atoms. The van der Waals surface area contributed by atoms with Gasteiger partial charge in [0.1, 0.15) is 0 Å². The lowest BCUT2D eigenvalue weighted by Crippen LogP contribution is -2.33. The average Bonchev–Trinajstić information content (AvgIpc) is 3.12. The molecule has 1 saturated carbocycles. The van der Waals surface area contributed by atoms with Crippen molar-refractivity contribution in [3.8, 4) is 0 Å². The van der Waals surface area contributed by atoms with Crippen molar-refractivity contribution in [1.29, 1.82) is 0 Å². The molecular weight excluding hydrogens is 216 g/mol. The second-order valence-electron chi connectivity index (χ2n) is 4.60. The summed E-state index contributed by atoms with van der Waals surface area (Å²) in [5.41, 5.74) is 2.91. The van der Waals surface area contributed by atoms with Crippen LogP contribution < -0.4 is 16.6 Å². The second-order valence-corrected chi connectivity index (χ2v) is 4.60. The van der Waals surface area contributed by atoms with Crippen LogP contribution in [0.4, 0.5) is 5.82 Å². The molecule has 2 rings (SSSR count). The Hall–Kier alpha value is -1.62. The van der Waals surface area contributed by atoms with Crippen LogP contribution in [0, 0.1) is 5.92 Å². The van der Waals surface area contributed by atoms with E-state index in [1.54, 1.807) is 18.3 Å². The molecular formula is C12H18N4O. The highest BCUT2D eigenvalue weighted by Gasteiger charge is 2.24. The molecule has 1 fully saturated rings. The maximum Gasteiger partial charge on any atom is 0.255 e. The van der Waals surface area contributed by atoms with Crippen molar-refractivity contribution in [3.63, 3.8) is 0 Å². The minimum absolute atomic E-state index is 0.126. The van der Waals surface area contributed by atoms with E-state index in [9.17, 15) is 4.79 Å². The van der Waals surface area contributed by atoms with Crippen LogP contribution in [-0.4, -0.2) is 16.9 Å². The molecule has 0 saturated heterocycles. The Labute approximate surface area is 101 Å². The SMILES string of the molecule is CC(CC1CC1)NC(=O)c1cccnc1NN. The van der Waals surface area contributed by atoms with Crippen LogP contribution in [0.3, 0.4) is 0 Å². The summed E-state index contributed by atoms with van der Waals surface area (Å²) < 4.78 is 0. The Morgan fingerprint density at radius 3 is 3.06 bits per heavy atom. The lowest BCUT2D eigenvalue weighted by atomic mass is 10.1. The van der Waals surface area contributed by atoms with Crippen LogP contribution in [0.5, 0.6) is 0 Å². The standard InChI is InChI=1S/C12H18N4O/c1-8(7-9-4-5-9)15-12(17)10-3-2-6-14-11(10)16-13/h2-3,6,8-9H,4-5,7,13H2,1H3,(H,14,16)(H,15,17). The van der Waals surface area contributed by atoms with Crippen molar-refractivity contribution < 1.29 is 4.79 Å². The summed E-state index contributed by atoms with van der Waals surface area (Å²) in [4.78, 5) is 16.0. The van der Waals surface area contributed by atoms with E-state index < -0.39 is 0 Å². The molecule has 1 aromatic rings. The normalized spacial score (nSPS) is 16.4. The van der Waals surface area contributed by atoms with E-state index >= 15 is 0 Å². The number of nitrogens with one attached hydrogen (secondary N) is 2. The number of aromatic nitrogens is 1. The van der Waals surface area contributed by atoms with Gasteiger partial charge in [0.15, 0.2) is 5.82 Å². The van der Waals surface area contributed by atoms with Gasteiger partial charge in [-0.2, -0.15) is 0 Å². The molecule has 1 atom stereocenters. The van der Waals surface area contributed by atoms with Crippen molar-refractivity contribution in [2.75, 3.05) is 5.43 Å². The zero-order chi connectivity index (χ0) is 12.3. The molecule has 0 aliphatic heterocycles.